The summed E-state index contributed by atoms with van der Waals surface area (Å²) in [6, 6.07) is 4.01. The third-order valence-electron chi connectivity index (χ3n) is 2.66. The molecular formula is C11H12N6O3. The number of non-ortho nitro benzene ring substituents is 1. The monoisotopic (exact) mass is 276 g/mol. The van der Waals surface area contributed by atoms with Crippen molar-refractivity contribution in [1.29, 1.82) is 0 Å². The molecule has 0 atom stereocenters. The van der Waals surface area contributed by atoms with E-state index in [1.165, 1.54) is 29.2 Å². The Bertz CT molecular complexity index is 666. The highest BCUT2D eigenvalue weighted by Gasteiger charge is 2.17. The van der Waals surface area contributed by atoms with Gasteiger partial charge in [-0.25, -0.2) is 4.68 Å². The predicted molar refractivity (Wildman–Crippen MR) is 71.6 cm³/mol. The van der Waals surface area contributed by atoms with Crippen molar-refractivity contribution in [1.82, 2.24) is 14.8 Å². The summed E-state index contributed by atoms with van der Waals surface area (Å²) in [6.45, 7) is 0. The highest BCUT2D eigenvalue weighted by molar-refractivity contribution is 6.07. The van der Waals surface area contributed by atoms with Crippen molar-refractivity contribution in [2.45, 2.75) is 0 Å². The maximum Gasteiger partial charge on any atom is 0.270 e. The molecule has 0 bridgehead atoms. The first-order valence-electron chi connectivity index (χ1n) is 5.64. The van der Waals surface area contributed by atoms with Crippen molar-refractivity contribution in [2.24, 2.45) is 7.05 Å². The van der Waals surface area contributed by atoms with E-state index in [-0.39, 0.29) is 17.2 Å². The first-order chi connectivity index (χ1) is 9.52. The Morgan fingerprint density at radius 1 is 1.45 bits per heavy atom. The van der Waals surface area contributed by atoms with Gasteiger partial charge in [0.25, 0.3) is 11.6 Å². The summed E-state index contributed by atoms with van der Waals surface area (Å²) in [5.41, 5.74) is 0.479. The van der Waals surface area contributed by atoms with E-state index in [0.29, 0.717) is 5.69 Å². The highest BCUT2D eigenvalue weighted by Crippen LogP contribution is 2.22. The summed E-state index contributed by atoms with van der Waals surface area (Å²) >= 11 is 0. The van der Waals surface area contributed by atoms with Crippen LogP contribution in [0.1, 0.15) is 10.4 Å². The lowest BCUT2D eigenvalue weighted by molar-refractivity contribution is -0.384. The smallest absolute Gasteiger partial charge is 0.270 e. The lowest BCUT2D eigenvalue weighted by Crippen LogP contribution is -2.17. The van der Waals surface area contributed by atoms with E-state index in [1.807, 2.05) is 0 Å². The number of nitrogens with one attached hydrogen (secondary N) is 2. The molecule has 9 heteroatoms. The van der Waals surface area contributed by atoms with Gasteiger partial charge >= 0.3 is 0 Å². The molecule has 2 N–H and O–H groups in total. The normalized spacial score (nSPS) is 10.1. The average Bonchev–Trinajstić information content (AvgIpc) is 2.83. The van der Waals surface area contributed by atoms with Gasteiger partial charge < -0.3 is 5.32 Å². The number of carbonyl (C=O) groups excluding carboxylic acids is 1. The maximum absolute atomic E-state index is 12.2. The number of nitro groups is 1. The standard InChI is InChI=1S/C11H12N6O3/c1-12-9-4-3-7(17(19)20)5-8(9)10(18)15-11-13-6-14-16(11)2/h3-6,12H,1-2H3,(H,13,14,15,18). The number of hydrogen-bond donors (Lipinski definition) is 2. The number of amides is 1. The summed E-state index contributed by atoms with van der Waals surface area (Å²) in [5.74, 6) is -0.252. The van der Waals surface area contributed by atoms with E-state index >= 15 is 0 Å². The summed E-state index contributed by atoms with van der Waals surface area (Å²) in [6.07, 6.45) is 1.29. The van der Waals surface area contributed by atoms with Crippen LogP contribution < -0.4 is 10.6 Å². The van der Waals surface area contributed by atoms with Gasteiger partial charge in [0.1, 0.15) is 6.33 Å². The molecule has 0 fully saturated rings. The number of aromatic nitrogens is 3. The summed E-state index contributed by atoms with van der Waals surface area (Å²) < 4.78 is 1.38. The molecule has 0 unspecified atom stereocenters. The predicted octanol–water partition coefficient (Wildman–Crippen LogP) is 1.02. The fraction of sp³-hybridized carbons (Fsp3) is 0.182. The van der Waals surface area contributed by atoms with Gasteiger partial charge in [-0.1, -0.05) is 0 Å². The van der Waals surface area contributed by atoms with E-state index in [9.17, 15) is 14.9 Å². The van der Waals surface area contributed by atoms with E-state index < -0.39 is 10.8 Å². The lowest BCUT2D eigenvalue weighted by Gasteiger charge is -2.09. The molecule has 1 aromatic carbocycles. The number of hydrogen-bond acceptors (Lipinski definition) is 6. The Labute approximate surface area is 113 Å². The summed E-state index contributed by atoms with van der Waals surface area (Å²) in [7, 11) is 3.25. The molecule has 0 spiro atoms. The zero-order valence-corrected chi connectivity index (χ0v) is 10.8. The fourth-order valence-corrected chi connectivity index (χ4v) is 1.63. The molecule has 0 saturated heterocycles. The second kappa shape index (κ2) is 5.34. The van der Waals surface area contributed by atoms with Crippen LogP contribution >= 0.6 is 0 Å². The molecule has 0 aliphatic carbocycles. The first-order valence-corrected chi connectivity index (χ1v) is 5.64. The summed E-state index contributed by atoms with van der Waals surface area (Å²) in [4.78, 5) is 26.2. The molecule has 0 radical (unpaired) electrons. The van der Waals surface area contributed by atoms with Gasteiger partial charge in [0.05, 0.1) is 10.5 Å². The van der Waals surface area contributed by atoms with Gasteiger partial charge in [0.15, 0.2) is 0 Å². The molecule has 20 heavy (non-hydrogen) atoms. The Morgan fingerprint density at radius 3 is 2.75 bits per heavy atom. The van der Waals surface area contributed by atoms with Gasteiger partial charge in [-0.2, -0.15) is 10.1 Å². The fourth-order valence-electron chi connectivity index (χ4n) is 1.63. The second-order valence-electron chi connectivity index (χ2n) is 3.90. The van der Waals surface area contributed by atoms with Crippen molar-refractivity contribution in [3.63, 3.8) is 0 Å². The van der Waals surface area contributed by atoms with Crippen molar-refractivity contribution in [3.8, 4) is 0 Å². The number of benzene rings is 1. The van der Waals surface area contributed by atoms with Gasteiger partial charge in [0.2, 0.25) is 5.95 Å². The van der Waals surface area contributed by atoms with E-state index in [0.717, 1.165) is 0 Å². The minimum atomic E-state index is -0.557. The van der Waals surface area contributed by atoms with E-state index in [4.69, 9.17) is 0 Å². The largest absolute Gasteiger partial charge is 0.387 e. The number of rotatable bonds is 4. The van der Waals surface area contributed by atoms with Crippen LogP contribution in [-0.2, 0) is 7.05 Å². The quantitative estimate of drug-likeness (QED) is 0.636. The van der Waals surface area contributed by atoms with Crippen molar-refractivity contribution < 1.29 is 9.72 Å². The molecular weight excluding hydrogens is 264 g/mol. The summed E-state index contributed by atoms with van der Waals surface area (Å²) in [5, 5.41) is 19.9. The van der Waals surface area contributed by atoms with Crippen LogP contribution in [-0.4, -0.2) is 32.6 Å². The molecule has 2 aromatic rings. The molecule has 0 aliphatic heterocycles. The maximum atomic E-state index is 12.2. The molecule has 9 nitrogen and oxygen atoms in total. The third-order valence-corrected chi connectivity index (χ3v) is 2.66. The number of nitro benzene ring substituents is 1. The van der Waals surface area contributed by atoms with Gasteiger partial charge in [-0.05, 0) is 6.07 Å². The Morgan fingerprint density at radius 2 is 2.20 bits per heavy atom. The minimum absolute atomic E-state index is 0.157. The van der Waals surface area contributed by atoms with Crippen LogP contribution in [0.5, 0.6) is 0 Å². The van der Waals surface area contributed by atoms with Gasteiger partial charge in [-0.15, -0.1) is 0 Å². The van der Waals surface area contributed by atoms with E-state index in [1.54, 1.807) is 14.1 Å². The average molecular weight is 276 g/mol. The second-order valence-corrected chi connectivity index (χ2v) is 3.90. The Kier molecular flexibility index (Phi) is 3.60. The number of carbonyl (C=O) groups is 1. The lowest BCUT2D eigenvalue weighted by atomic mass is 10.1. The molecule has 1 heterocycles. The molecule has 1 aromatic heterocycles. The SMILES string of the molecule is CNc1ccc([N+](=O)[O-])cc1C(=O)Nc1ncnn1C. The van der Waals surface area contributed by atoms with Crippen LogP contribution in [0.4, 0.5) is 17.3 Å². The Balaban J connectivity index is 2.35. The van der Waals surface area contributed by atoms with Crippen LogP contribution in [0.3, 0.4) is 0 Å². The zero-order chi connectivity index (χ0) is 14.7. The number of nitrogens with zero attached hydrogens (tertiary/aromatic N) is 4. The van der Waals surface area contributed by atoms with Crippen molar-refractivity contribution in [2.75, 3.05) is 17.7 Å². The number of aryl methyl sites for hydroxylation is 1. The molecule has 104 valence electrons. The first kappa shape index (κ1) is 13.5. The Hall–Kier alpha value is -2.97. The minimum Gasteiger partial charge on any atom is -0.387 e. The van der Waals surface area contributed by atoms with Crippen LogP contribution in [0.2, 0.25) is 0 Å². The molecule has 1 amide bonds. The highest BCUT2D eigenvalue weighted by atomic mass is 16.6. The van der Waals surface area contributed by atoms with E-state index in [2.05, 4.69) is 20.7 Å². The van der Waals surface area contributed by atoms with Gasteiger partial charge in [0, 0.05) is 31.9 Å². The topological polar surface area (TPSA) is 115 Å². The molecule has 2 rings (SSSR count). The number of anilines is 2. The van der Waals surface area contributed by atoms with Crippen LogP contribution in [0.25, 0.3) is 0 Å². The third kappa shape index (κ3) is 2.55. The van der Waals surface area contributed by atoms with Crippen LogP contribution in [0, 0.1) is 10.1 Å². The van der Waals surface area contributed by atoms with Gasteiger partial charge in [-0.3, -0.25) is 20.2 Å². The molecule has 0 saturated carbocycles. The van der Waals surface area contributed by atoms with Crippen molar-refractivity contribution >= 4 is 23.2 Å². The van der Waals surface area contributed by atoms with Crippen LogP contribution in [0.15, 0.2) is 24.5 Å². The van der Waals surface area contributed by atoms with Crippen molar-refractivity contribution in [3.05, 3.63) is 40.2 Å². The zero-order valence-electron chi connectivity index (χ0n) is 10.8. The molecule has 0 aliphatic rings.